The SMILES string of the molecule is CC[C@@H](C)NC(=O)[C@@H](CC)N(Cc1c(Cl)cccc1Cl)C(=O)CN(c1cccc(Br)c1)S(C)(=O)=O. The minimum absolute atomic E-state index is 0.0557. The lowest BCUT2D eigenvalue weighted by Gasteiger charge is -2.33. The number of carbonyl (C=O) groups excluding carboxylic acids is 2. The van der Waals surface area contributed by atoms with E-state index < -0.39 is 28.5 Å². The number of nitrogens with one attached hydrogen (secondary N) is 1. The van der Waals surface area contributed by atoms with Crippen molar-refractivity contribution in [2.75, 3.05) is 17.1 Å². The Kier molecular flexibility index (Phi) is 10.9. The standard InChI is InChI=1S/C24H30BrCl2N3O4S/c1-5-16(3)28-24(32)22(6-2)29(14-19-20(26)11-8-12-21(19)27)23(31)15-30(35(4,33)34)18-10-7-9-17(25)13-18/h7-13,16,22H,5-6,14-15H2,1-4H3,(H,28,32)/t16-,22-/m1/s1. The number of hydrogen-bond donors (Lipinski definition) is 1. The van der Waals surface area contributed by atoms with Crippen LogP contribution in [0.2, 0.25) is 10.0 Å². The fraction of sp³-hybridized carbons (Fsp3) is 0.417. The topological polar surface area (TPSA) is 86.8 Å². The monoisotopic (exact) mass is 605 g/mol. The summed E-state index contributed by atoms with van der Waals surface area (Å²) in [5.74, 6) is -0.885. The number of sulfonamides is 1. The van der Waals surface area contributed by atoms with E-state index in [0.717, 1.165) is 17.0 Å². The first-order valence-corrected chi connectivity index (χ1v) is 14.5. The van der Waals surface area contributed by atoms with Gasteiger partial charge in [-0.1, -0.05) is 65.1 Å². The van der Waals surface area contributed by atoms with Crippen LogP contribution in [0.15, 0.2) is 46.9 Å². The molecule has 0 aliphatic rings. The van der Waals surface area contributed by atoms with Crippen LogP contribution < -0.4 is 9.62 Å². The highest BCUT2D eigenvalue weighted by Crippen LogP contribution is 2.28. The summed E-state index contributed by atoms with van der Waals surface area (Å²) in [5.41, 5.74) is 0.801. The molecule has 0 fully saturated rings. The molecular weight excluding hydrogens is 577 g/mol. The van der Waals surface area contributed by atoms with Crippen molar-refractivity contribution in [3.8, 4) is 0 Å². The van der Waals surface area contributed by atoms with E-state index in [1.807, 2.05) is 13.8 Å². The summed E-state index contributed by atoms with van der Waals surface area (Å²) in [6, 6.07) is 10.7. The Bertz CT molecular complexity index is 1140. The lowest BCUT2D eigenvalue weighted by atomic mass is 10.1. The van der Waals surface area contributed by atoms with E-state index in [9.17, 15) is 18.0 Å². The normalized spacial score (nSPS) is 13.1. The van der Waals surface area contributed by atoms with Crippen molar-refractivity contribution < 1.29 is 18.0 Å². The molecule has 7 nitrogen and oxygen atoms in total. The molecule has 0 aromatic heterocycles. The Morgan fingerprint density at radius 2 is 1.66 bits per heavy atom. The Morgan fingerprint density at radius 1 is 1.06 bits per heavy atom. The van der Waals surface area contributed by atoms with Crippen LogP contribution in [0.5, 0.6) is 0 Å². The molecule has 11 heteroatoms. The fourth-order valence-electron chi connectivity index (χ4n) is 3.46. The lowest BCUT2D eigenvalue weighted by molar-refractivity contribution is -0.140. The van der Waals surface area contributed by atoms with Gasteiger partial charge in [0.15, 0.2) is 0 Å². The second-order valence-corrected chi connectivity index (χ2v) is 11.9. The first-order valence-electron chi connectivity index (χ1n) is 11.1. The van der Waals surface area contributed by atoms with Crippen LogP contribution in [0.25, 0.3) is 0 Å². The summed E-state index contributed by atoms with van der Waals surface area (Å²) in [7, 11) is -3.82. The van der Waals surface area contributed by atoms with Crippen LogP contribution in [0, 0.1) is 0 Å². The van der Waals surface area contributed by atoms with E-state index in [1.54, 1.807) is 49.4 Å². The molecule has 0 unspecified atom stereocenters. The predicted octanol–water partition coefficient (Wildman–Crippen LogP) is 5.24. The predicted molar refractivity (Wildman–Crippen MR) is 145 cm³/mol. The molecule has 0 bridgehead atoms. The van der Waals surface area contributed by atoms with E-state index in [0.29, 0.717) is 32.2 Å². The van der Waals surface area contributed by atoms with Gasteiger partial charge in [0.05, 0.1) is 11.9 Å². The van der Waals surface area contributed by atoms with Crippen LogP contribution >= 0.6 is 39.1 Å². The maximum atomic E-state index is 13.7. The molecular formula is C24H30BrCl2N3O4S. The summed E-state index contributed by atoms with van der Waals surface area (Å²) >= 11 is 16.1. The molecule has 2 rings (SSSR count). The van der Waals surface area contributed by atoms with E-state index in [-0.39, 0.29) is 18.5 Å². The van der Waals surface area contributed by atoms with Crippen LogP contribution in [0.3, 0.4) is 0 Å². The minimum atomic E-state index is -3.82. The van der Waals surface area contributed by atoms with Crippen LogP contribution in [-0.2, 0) is 26.2 Å². The Hall–Kier alpha value is -1.81. The summed E-state index contributed by atoms with van der Waals surface area (Å²) < 4.78 is 27.0. The number of amides is 2. The molecule has 2 atom stereocenters. The van der Waals surface area contributed by atoms with Crippen molar-refractivity contribution in [2.45, 2.75) is 52.2 Å². The Balaban J connectivity index is 2.50. The maximum absolute atomic E-state index is 13.7. The second kappa shape index (κ2) is 12.9. The largest absolute Gasteiger partial charge is 0.352 e. The number of anilines is 1. The number of nitrogens with zero attached hydrogens (tertiary/aromatic N) is 2. The molecule has 2 aromatic carbocycles. The highest BCUT2D eigenvalue weighted by atomic mass is 79.9. The highest BCUT2D eigenvalue weighted by Gasteiger charge is 2.33. The molecule has 0 aliphatic carbocycles. The molecule has 0 radical (unpaired) electrons. The van der Waals surface area contributed by atoms with E-state index >= 15 is 0 Å². The van der Waals surface area contributed by atoms with Gasteiger partial charge in [0, 0.05) is 32.7 Å². The first-order chi connectivity index (χ1) is 16.4. The quantitative estimate of drug-likeness (QED) is 0.379. The van der Waals surface area contributed by atoms with Crippen molar-refractivity contribution in [3.63, 3.8) is 0 Å². The van der Waals surface area contributed by atoms with Gasteiger partial charge in [-0.2, -0.15) is 0 Å². The molecule has 2 amide bonds. The smallest absolute Gasteiger partial charge is 0.244 e. The average molecular weight is 607 g/mol. The third kappa shape index (κ3) is 8.10. The lowest BCUT2D eigenvalue weighted by Crippen LogP contribution is -2.53. The van der Waals surface area contributed by atoms with E-state index in [1.165, 1.54) is 4.90 Å². The molecule has 0 aliphatic heterocycles. The fourth-order valence-corrected chi connectivity index (χ4v) is 5.20. The molecule has 2 aromatic rings. The molecule has 0 saturated carbocycles. The van der Waals surface area contributed by atoms with Crippen molar-refractivity contribution in [3.05, 3.63) is 62.5 Å². The average Bonchev–Trinajstić information content (AvgIpc) is 2.78. The third-order valence-electron chi connectivity index (χ3n) is 5.55. The molecule has 35 heavy (non-hydrogen) atoms. The van der Waals surface area contributed by atoms with Gasteiger partial charge in [-0.05, 0) is 50.1 Å². The zero-order valence-electron chi connectivity index (χ0n) is 20.1. The number of benzene rings is 2. The second-order valence-electron chi connectivity index (χ2n) is 8.21. The van der Waals surface area contributed by atoms with Crippen molar-refractivity contribution in [2.24, 2.45) is 0 Å². The van der Waals surface area contributed by atoms with Gasteiger partial charge in [-0.3, -0.25) is 13.9 Å². The van der Waals surface area contributed by atoms with Gasteiger partial charge in [0.25, 0.3) is 0 Å². The summed E-state index contributed by atoms with van der Waals surface area (Å²) in [5, 5.41) is 3.61. The summed E-state index contributed by atoms with van der Waals surface area (Å²) in [6.07, 6.45) is 2.06. The van der Waals surface area contributed by atoms with Gasteiger partial charge >= 0.3 is 0 Å². The number of rotatable bonds is 11. The van der Waals surface area contributed by atoms with Gasteiger partial charge < -0.3 is 10.2 Å². The Labute approximate surface area is 225 Å². The number of hydrogen-bond acceptors (Lipinski definition) is 4. The molecule has 0 heterocycles. The molecule has 0 saturated heterocycles. The molecule has 1 N–H and O–H groups in total. The zero-order valence-corrected chi connectivity index (χ0v) is 24.0. The van der Waals surface area contributed by atoms with Gasteiger partial charge in [0.1, 0.15) is 12.6 Å². The van der Waals surface area contributed by atoms with Crippen molar-refractivity contribution >= 4 is 66.7 Å². The molecule has 192 valence electrons. The van der Waals surface area contributed by atoms with Crippen LogP contribution in [0.1, 0.15) is 39.2 Å². The van der Waals surface area contributed by atoms with Gasteiger partial charge in [-0.15, -0.1) is 0 Å². The number of halogens is 3. The highest BCUT2D eigenvalue weighted by molar-refractivity contribution is 9.10. The summed E-state index contributed by atoms with van der Waals surface area (Å²) in [4.78, 5) is 28.2. The van der Waals surface area contributed by atoms with Crippen LogP contribution in [0.4, 0.5) is 5.69 Å². The number of carbonyl (C=O) groups is 2. The maximum Gasteiger partial charge on any atom is 0.244 e. The van der Waals surface area contributed by atoms with Gasteiger partial charge in [-0.25, -0.2) is 8.42 Å². The summed E-state index contributed by atoms with van der Waals surface area (Å²) in [6.45, 7) is 5.06. The minimum Gasteiger partial charge on any atom is -0.352 e. The van der Waals surface area contributed by atoms with Crippen molar-refractivity contribution in [1.29, 1.82) is 0 Å². The molecule has 0 spiro atoms. The zero-order chi connectivity index (χ0) is 26.3. The Morgan fingerprint density at radius 3 is 2.17 bits per heavy atom. The van der Waals surface area contributed by atoms with Gasteiger partial charge in [0.2, 0.25) is 21.8 Å². The third-order valence-corrected chi connectivity index (χ3v) is 7.89. The van der Waals surface area contributed by atoms with Crippen molar-refractivity contribution in [1.82, 2.24) is 10.2 Å². The van der Waals surface area contributed by atoms with E-state index in [2.05, 4.69) is 21.2 Å². The first kappa shape index (κ1) is 29.4. The van der Waals surface area contributed by atoms with E-state index in [4.69, 9.17) is 23.2 Å². The van der Waals surface area contributed by atoms with Crippen LogP contribution in [-0.4, -0.2) is 50.0 Å².